The highest BCUT2D eigenvalue weighted by Gasteiger charge is 2.09. The maximum Gasteiger partial charge on any atom is 0.356 e. The maximum absolute atomic E-state index is 11.3. The average molecular weight is 264 g/mol. The predicted octanol–water partition coefficient (Wildman–Crippen LogP) is 1.05. The van der Waals surface area contributed by atoms with Gasteiger partial charge in [0.25, 0.3) is 0 Å². The van der Waals surface area contributed by atoms with Crippen molar-refractivity contribution in [2.75, 3.05) is 31.3 Å². The number of aromatic nitrogens is 1. The molecule has 0 saturated heterocycles. The number of nitrogens with zero attached hydrogens (tertiary/aromatic N) is 2. The largest absolute Gasteiger partial charge is 0.498 e. The summed E-state index contributed by atoms with van der Waals surface area (Å²) >= 11 is 0. The number of esters is 1. The summed E-state index contributed by atoms with van der Waals surface area (Å²) in [5.41, 5.74) is 6.37. The lowest BCUT2D eigenvalue weighted by Crippen LogP contribution is -2.13. The van der Waals surface area contributed by atoms with Crippen LogP contribution in [0.15, 0.2) is 29.6 Å². The summed E-state index contributed by atoms with van der Waals surface area (Å²) in [6.45, 7) is 4.14. The molecule has 0 radical (unpaired) electrons. The number of ether oxygens (including phenoxy) is 2. The zero-order chi connectivity index (χ0) is 14.1. The second-order valence-corrected chi connectivity index (χ2v) is 3.39. The number of anilines is 2. The molecule has 0 aliphatic rings. The molecule has 0 aliphatic carbocycles. The van der Waals surface area contributed by atoms with Gasteiger partial charge < -0.3 is 20.5 Å². The molecule has 1 rings (SSSR count). The van der Waals surface area contributed by atoms with Gasteiger partial charge in [0.05, 0.1) is 25.5 Å². The average Bonchev–Trinajstić information content (AvgIpc) is 2.43. The zero-order valence-electron chi connectivity index (χ0n) is 10.6. The van der Waals surface area contributed by atoms with Gasteiger partial charge in [-0.1, -0.05) is 0 Å². The van der Waals surface area contributed by atoms with E-state index in [-0.39, 0.29) is 5.69 Å². The number of rotatable bonds is 7. The lowest BCUT2D eigenvalue weighted by molar-refractivity contribution is 0.0594. The van der Waals surface area contributed by atoms with Crippen molar-refractivity contribution in [3.05, 3.63) is 30.3 Å². The fourth-order valence-corrected chi connectivity index (χ4v) is 1.21. The van der Waals surface area contributed by atoms with E-state index in [4.69, 9.17) is 10.5 Å². The monoisotopic (exact) mass is 264 g/mol. The highest BCUT2D eigenvalue weighted by molar-refractivity contribution is 5.88. The zero-order valence-corrected chi connectivity index (χ0v) is 10.6. The lowest BCUT2D eigenvalue weighted by atomic mass is 10.3. The third-order valence-electron chi connectivity index (χ3n) is 2.10. The lowest BCUT2D eigenvalue weighted by Gasteiger charge is -2.09. The molecule has 3 N–H and O–H groups in total. The van der Waals surface area contributed by atoms with Gasteiger partial charge in [-0.25, -0.2) is 9.78 Å². The Kier molecular flexibility index (Phi) is 5.87. The van der Waals surface area contributed by atoms with Crippen LogP contribution in [0.2, 0.25) is 0 Å². The molecule has 1 aromatic rings. The van der Waals surface area contributed by atoms with Crippen LogP contribution in [0.4, 0.5) is 11.5 Å². The van der Waals surface area contributed by atoms with Gasteiger partial charge in [0.2, 0.25) is 0 Å². The molecule has 7 heteroatoms. The Hall–Kier alpha value is -2.57. The molecule has 19 heavy (non-hydrogen) atoms. The Bertz CT molecular complexity index is 474. The van der Waals surface area contributed by atoms with Crippen molar-refractivity contribution in [3.8, 4) is 0 Å². The molecule has 0 saturated carbocycles. The van der Waals surface area contributed by atoms with E-state index in [0.717, 1.165) is 0 Å². The number of methoxy groups -OCH3 is 1. The highest BCUT2D eigenvalue weighted by atomic mass is 16.5. The number of hydrogen-bond donors (Lipinski definition) is 2. The maximum atomic E-state index is 11.3. The SMILES string of the molecule is C=N/C=C\OCCNc1nc(C(=O)OC)ccc1N. The number of nitrogens with two attached hydrogens (primary N) is 1. The second kappa shape index (κ2) is 7.70. The molecule has 0 amide bonds. The van der Waals surface area contributed by atoms with Gasteiger partial charge in [-0.3, -0.25) is 4.99 Å². The second-order valence-electron chi connectivity index (χ2n) is 3.39. The van der Waals surface area contributed by atoms with E-state index in [9.17, 15) is 4.79 Å². The van der Waals surface area contributed by atoms with Crippen LogP contribution in [-0.2, 0) is 9.47 Å². The van der Waals surface area contributed by atoms with Crippen LogP contribution < -0.4 is 11.1 Å². The molecule has 0 unspecified atom stereocenters. The standard InChI is InChI=1S/C12H16N4O3/c1-14-5-7-19-8-6-15-11-9(13)3-4-10(16-11)12(17)18-2/h3-5,7H,1,6,8,13H2,2H3,(H,15,16)/b7-5-. The fraction of sp³-hybridized carbons (Fsp3) is 0.250. The smallest absolute Gasteiger partial charge is 0.356 e. The van der Waals surface area contributed by atoms with Crippen LogP contribution in [0.1, 0.15) is 10.5 Å². The molecule has 0 bridgehead atoms. The minimum Gasteiger partial charge on any atom is -0.498 e. The van der Waals surface area contributed by atoms with Crippen molar-refractivity contribution in [2.24, 2.45) is 4.99 Å². The third-order valence-corrected chi connectivity index (χ3v) is 2.10. The number of nitrogen functional groups attached to an aromatic ring is 1. The van der Waals surface area contributed by atoms with Gasteiger partial charge >= 0.3 is 5.97 Å². The first-order valence-corrected chi connectivity index (χ1v) is 5.50. The number of hydrogen-bond acceptors (Lipinski definition) is 7. The quantitative estimate of drug-likeness (QED) is 0.330. The van der Waals surface area contributed by atoms with E-state index in [2.05, 4.69) is 26.7 Å². The van der Waals surface area contributed by atoms with Gasteiger partial charge in [0.1, 0.15) is 18.7 Å². The van der Waals surface area contributed by atoms with Crippen molar-refractivity contribution in [2.45, 2.75) is 0 Å². The molecule has 0 aromatic carbocycles. The van der Waals surface area contributed by atoms with E-state index >= 15 is 0 Å². The summed E-state index contributed by atoms with van der Waals surface area (Å²) in [6, 6.07) is 3.09. The van der Waals surface area contributed by atoms with Crippen LogP contribution in [0, 0.1) is 0 Å². The Morgan fingerprint density at radius 2 is 2.42 bits per heavy atom. The van der Waals surface area contributed by atoms with Crippen LogP contribution >= 0.6 is 0 Å². The van der Waals surface area contributed by atoms with Crippen LogP contribution in [-0.4, -0.2) is 37.9 Å². The molecule has 0 spiro atoms. The minimum atomic E-state index is -0.515. The Labute approximate surface area is 111 Å². The topological polar surface area (TPSA) is 98.8 Å². The van der Waals surface area contributed by atoms with E-state index in [0.29, 0.717) is 24.7 Å². The Morgan fingerprint density at radius 3 is 3.11 bits per heavy atom. The summed E-state index contributed by atoms with van der Waals surface area (Å²) in [6.07, 6.45) is 2.86. The van der Waals surface area contributed by atoms with Crippen molar-refractivity contribution in [3.63, 3.8) is 0 Å². The van der Waals surface area contributed by atoms with Crippen molar-refractivity contribution < 1.29 is 14.3 Å². The highest BCUT2D eigenvalue weighted by Crippen LogP contribution is 2.15. The van der Waals surface area contributed by atoms with Gasteiger partial charge in [-0.15, -0.1) is 0 Å². The third kappa shape index (κ3) is 4.66. The first-order valence-electron chi connectivity index (χ1n) is 5.50. The summed E-state index contributed by atoms with van der Waals surface area (Å²) in [5.74, 6) is -0.100. The molecule has 0 aliphatic heterocycles. The molecule has 1 heterocycles. The first-order chi connectivity index (χ1) is 9.19. The van der Waals surface area contributed by atoms with E-state index in [1.807, 2.05) is 0 Å². The predicted molar refractivity (Wildman–Crippen MR) is 73.1 cm³/mol. The van der Waals surface area contributed by atoms with Gasteiger partial charge in [-0.05, 0) is 18.9 Å². The fourth-order valence-electron chi connectivity index (χ4n) is 1.21. The van der Waals surface area contributed by atoms with Crippen LogP contribution in [0.25, 0.3) is 0 Å². The normalized spacial score (nSPS) is 10.2. The summed E-state index contributed by atoms with van der Waals surface area (Å²) < 4.78 is 9.68. The molecule has 1 aromatic heterocycles. The number of aliphatic imine (C=N–C) groups is 1. The first kappa shape index (κ1) is 14.5. The molecular formula is C12H16N4O3. The molecule has 0 fully saturated rings. The van der Waals surface area contributed by atoms with Gasteiger partial charge in [-0.2, -0.15) is 0 Å². The van der Waals surface area contributed by atoms with Crippen LogP contribution in [0.5, 0.6) is 0 Å². The number of carbonyl (C=O) groups excluding carboxylic acids is 1. The summed E-state index contributed by atoms with van der Waals surface area (Å²) in [4.78, 5) is 18.9. The number of nitrogens with one attached hydrogen (secondary N) is 1. The van der Waals surface area contributed by atoms with E-state index in [1.54, 1.807) is 6.07 Å². The van der Waals surface area contributed by atoms with Crippen molar-refractivity contribution in [1.82, 2.24) is 4.98 Å². The van der Waals surface area contributed by atoms with Crippen molar-refractivity contribution >= 4 is 24.2 Å². The Morgan fingerprint density at radius 1 is 1.63 bits per heavy atom. The summed E-state index contributed by atoms with van der Waals surface area (Å²) in [7, 11) is 1.29. The van der Waals surface area contributed by atoms with Gasteiger partial charge in [0, 0.05) is 0 Å². The van der Waals surface area contributed by atoms with Crippen molar-refractivity contribution in [1.29, 1.82) is 0 Å². The van der Waals surface area contributed by atoms with Crippen LogP contribution in [0.3, 0.4) is 0 Å². The molecule has 7 nitrogen and oxygen atoms in total. The number of carbonyl (C=O) groups is 1. The molecule has 102 valence electrons. The van der Waals surface area contributed by atoms with E-state index < -0.39 is 5.97 Å². The molecule has 0 atom stereocenters. The Balaban J connectivity index is 2.55. The van der Waals surface area contributed by atoms with E-state index in [1.165, 1.54) is 25.6 Å². The minimum absolute atomic E-state index is 0.191. The summed E-state index contributed by atoms with van der Waals surface area (Å²) in [5, 5.41) is 2.96. The number of pyridine rings is 1. The molecular weight excluding hydrogens is 248 g/mol. The van der Waals surface area contributed by atoms with Gasteiger partial charge in [0.15, 0.2) is 5.69 Å².